The van der Waals surface area contributed by atoms with E-state index in [-0.39, 0.29) is 12.3 Å². The SMILES string of the molecule is Cc1cc(Cl)cc(C(=O)NCCCCCCC(=O)O)c1. The monoisotopic (exact) mass is 297 g/mol. The first-order valence-electron chi connectivity index (χ1n) is 6.76. The van der Waals surface area contributed by atoms with Gasteiger partial charge in [0.05, 0.1) is 0 Å². The summed E-state index contributed by atoms with van der Waals surface area (Å²) in [5.41, 5.74) is 1.53. The van der Waals surface area contributed by atoms with Crippen LogP contribution in [0.1, 0.15) is 48.0 Å². The summed E-state index contributed by atoms with van der Waals surface area (Å²) in [5.74, 6) is -0.879. The van der Waals surface area contributed by atoms with Crippen LogP contribution in [0.15, 0.2) is 18.2 Å². The Morgan fingerprint density at radius 2 is 1.85 bits per heavy atom. The molecule has 0 fully saturated rings. The molecule has 0 radical (unpaired) electrons. The van der Waals surface area contributed by atoms with E-state index in [1.54, 1.807) is 18.2 Å². The fourth-order valence-corrected chi connectivity index (χ4v) is 2.22. The first-order valence-corrected chi connectivity index (χ1v) is 7.14. The van der Waals surface area contributed by atoms with Crippen molar-refractivity contribution in [3.63, 3.8) is 0 Å². The molecule has 0 heterocycles. The van der Waals surface area contributed by atoms with E-state index >= 15 is 0 Å². The minimum Gasteiger partial charge on any atom is -0.481 e. The molecule has 0 aliphatic heterocycles. The van der Waals surface area contributed by atoms with Crippen molar-refractivity contribution >= 4 is 23.5 Å². The predicted molar refractivity (Wildman–Crippen MR) is 79.2 cm³/mol. The third-order valence-electron chi connectivity index (χ3n) is 2.91. The highest BCUT2D eigenvalue weighted by molar-refractivity contribution is 6.31. The fourth-order valence-electron chi connectivity index (χ4n) is 1.93. The largest absolute Gasteiger partial charge is 0.481 e. The van der Waals surface area contributed by atoms with E-state index in [2.05, 4.69) is 5.32 Å². The lowest BCUT2D eigenvalue weighted by Crippen LogP contribution is -2.24. The highest BCUT2D eigenvalue weighted by atomic mass is 35.5. The Kier molecular flexibility index (Phi) is 7.09. The van der Waals surface area contributed by atoms with Gasteiger partial charge in [-0.1, -0.05) is 24.4 Å². The van der Waals surface area contributed by atoms with Crippen molar-refractivity contribution in [3.8, 4) is 0 Å². The highest BCUT2D eigenvalue weighted by Crippen LogP contribution is 2.14. The molecule has 4 nitrogen and oxygen atoms in total. The summed E-state index contributed by atoms with van der Waals surface area (Å²) >= 11 is 5.91. The number of aliphatic carboxylic acids is 1. The number of unbranched alkanes of at least 4 members (excludes halogenated alkanes) is 3. The van der Waals surface area contributed by atoms with Crippen LogP contribution in [-0.2, 0) is 4.79 Å². The molecule has 0 spiro atoms. The van der Waals surface area contributed by atoms with Gasteiger partial charge in [-0.25, -0.2) is 0 Å². The van der Waals surface area contributed by atoms with Gasteiger partial charge in [0, 0.05) is 23.6 Å². The quantitative estimate of drug-likeness (QED) is 0.723. The zero-order chi connectivity index (χ0) is 15.0. The number of carboxylic acid groups (broad SMARTS) is 1. The zero-order valence-electron chi connectivity index (χ0n) is 11.6. The van der Waals surface area contributed by atoms with Crippen LogP contribution in [0.25, 0.3) is 0 Å². The van der Waals surface area contributed by atoms with Gasteiger partial charge >= 0.3 is 5.97 Å². The van der Waals surface area contributed by atoms with Crippen molar-refractivity contribution in [2.24, 2.45) is 0 Å². The predicted octanol–water partition coefficient (Wildman–Crippen LogP) is 3.41. The van der Waals surface area contributed by atoms with Gasteiger partial charge in [-0.15, -0.1) is 0 Å². The number of aryl methyl sites for hydroxylation is 1. The lowest BCUT2D eigenvalue weighted by molar-refractivity contribution is -0.137. The van der Waals surface area contributed by atoms with E-state index in [1.165, 1.54) is 0 Å². The Morgan fingerprint density at radius 3 is 2.50 bits per heavy atom. The summed E-state index contributed by atoms with van der Waals surface area (Å²) in [6, 6.07) is 5.26. The van der Waals surface area contributed by atoms with Crippen LogP contribution < -0.4 is 5.32 Å². The van der Waals surface area contributed by atoms with E-state index in [0.717, 1.165) is 24.8 Å². The van der Waals surface area contributed by atoms with Crippen LogP contribution in [0, 0.1) is 6.92 Å². The van der Waals surface area contributed by atoms with Crippen molar-refractivity contribution < 1.29 is 14.7 Å². The van der Waals surface area contributed by atoms with Crippen LogP contribution in [0.2, 0.25) is 5.02 Å². The molecule has 0 aliphatic rings. The lowest BCUT2D eigenvalue weighted by atomic mass is 10.1. The number of hydrogen-bond donors (Lipinski definition) is 2. The van der Waals surface area contributed by atoms with Crippen molar-refractivity contribution in [3.05, 3.63) is 34.3 Å². The molecule has 0 aromatic heterocycles. The first-order chi connectivity index (χ1) is 9.49. The van der Waals surface area contributed by atoms with E-state index in [1.807, 2.05) is 6.92 Å². The normalized spacial score (nSPS) is 10.3. The third-order valence-corrected chi connectivity index (χ3v) is 3.13. The van der Waals surface area contributed by atoms with E-state index in [0.29, 0.717) is 23.6 Å². The number of benzene rings is 1. The van der Waals surface area contributed by atoms with Gasteiger partial charge < -0.3 is 10.4 Å². The molecule has 0 saturated heterocycles. The molecular weight excluding hydrogens is 278 g/mol. The van der Waals surface area contributed by atoms with Gasteiger partial charge in [0.25, 0.3) is 5.91 Å². The van der Waals surface area contributed by atoms with E-state index < -0.39 is 5.97 Å². The highest BCUT2D eigenvalue weighted by Gasteiger charge is 2.06. The average Bonchev–Trinajstić information content (AvgIpc) is 2.35. The summed E-state index contributed by atoms with van der Waals surface area (Å²) in [7, 11) is 0. The maximum Gasteiger partial charge on any atom is 0.303 e. The van der Waals surface area contributed by atoms with Gasteiger partial charge in [-0.05, 0) is 43.5 Å². The van der Waals surface area contributed by atoms with Crippen molar-refractivity contribution in [1.82, 2.24) is 5.32 Å². The molecule has 1 aromatic rings. The van der Waals surface area contributed by atoms with E-state index in [4.69, 9.17) is 16.7 Å². The number of amides is 1. The average molecular weight is 298 g/mol. The molecule has 0 atom stereocenters. The molecule has 1 amide bonds. The lowest BCUT2D eigenvalue weighted by Gasteiger charge is -2.06. The number of carboxylic acids is 1. The standard InChI is InChI=1S/C15H20ClNO3/c1-11-8-12(10-13(16)9-11)15(20)17-7-5-3-2-4-6-14(18)19/h8-10H,2-7H2,1H3,(H,17,20)(H,18,19). The number of rotatable bonds is 8. The number of carbonyl (C=O) groups is 2. The summed E-state index contributed by atoms with van der Waals surface area (Å²) in [6.45, 7) is 2.49. The molecule has 1 aromatic carbocycles. The smallest absolute Gasteiger partial charge is 0.303 e. The number of hydrogen-bond acceptors (Lipinski definition) is 2. The maximum absolute atomic E-state index is 11.9. The van der Waals surface area contributed by atoms with Crippen LogP contribution in [0.3, 0.4) is 0 Å². The summed E-state index contributed by atoms with van der Waals surface area (Å²) in [4.78, 5) is 22.2. The summed E-state index contributed by atoms with van der Waals surface area (Å²) in [6.07, 6.45) is 3.55. The molecule has 2 N–H and O–H groups in total. The maximum atomic E-state index is 11.9. The van der Waals surface area contributed by atoms with Gasteiger partial charge in [0.1, 0.15) is 0 Å². The summed E-state index contributed by atoms with van der Waals surface area (Å²) in [5, 5.41) is 11.9. The molecule has 20 heavy (non-hydrogen) atoms. The Balaban J connectivity index is 2.21. The van der Waals surface area contributed by atoms with Crippen LogP contribution in [0.5, 0.6) is 0 Å². The van der Waals surface area contributed by atoms with Gasteiger partial charge in [-0.3, -0.25) is 9.59 Å². The molecule has 0 aliphatic carbocycles. The fraction of sp³-hybridized carbons (Fsp3) is 0.467. The second-order valence-electron chi connectivity index (χ2n) is 4.83. The number of carbonyl (C=O) groups excluding carboxylic acids is 1. The Morgan fingerprint density at radius 1 is 1.15 bits per heavy atom. The van der Waals surface area contributed by atoms with Crippen LogP contribution >= 0.6 is 11.6 Å². The molecule has 0 saturated carbocycles. The molecule has 0 bridgehead atoms. The Labute approximate surface area is 124 Å². The minimum atomic E-state index is -0.755. The second-order valence-corrected chi connectivity index (χ2v) is 5.27. The number of nitrogens with one attached hydrogen (secondary N) is 1. The first kappa shape index (κ1) is 16.5. The topological polar surface area (TPSA) is 66.4 Å². The number of halogens is 1. The Hall–Kier alpha value is -1.55. The van der Waals surface area contributed by atoms with Crippen LogP contribution in [0.4, 0.5) is 0 Å². The van der Waals surface area contributed by atoms with Crippen molar-refractivity contribution in [2.45, 2.75) is 39.0 Å². The third kappa shape index (κ3) is 6.57. The van der Waals surface area contributed by atoms with Gasteiger partial charge in [-0.2, -0.15) is 0 Å². The molecule has 1 rings (SSSR count). The molecular formula is C15H20ClNO3. The molecule has 5 heteroatoms. The molecule has 110 valence electrons. The van der Waals surface area contributed by atoms with Crippen molar-refractivity contribution in [2.75, 3.05) is 6.54 Å². The van der Waals surface area contributed by atoms with Crippen LogP contribution in [-0.4, -0.2) is 23.5 Å². The van der Waals surface area contributed by atoms with Gasteiger partial charge in [0.15, 0.2) is 0 Å². The second kappa shape index (κ2) is 8.59. The van der Waals surface area contributed by atoms with Gasteiger partial charge in [0.2, 0.25) is 0 Å². The summed E-state index contributed by atoms with van der Waals surface area (Å²) < 4.78 is 0. The van der Waals surface area contributed by atoms with E-state index in [9.17, 15) is 9.59 Å². The van der Waals surface area contributed by atoms with Crippen molar-refractivity contribution in [1.29, 1.82) is 0 Å². The zero-order valence-corrected chi connectivity index (χ0v) is 12.4. The molecule has 0 unspecified atom stereocenters. The minimum absolute atomic E-state index is 0.124. The Bertz CT molecular complexity index is 454.